The predicted molar refractivity (Wildman–Crippen MR) is 59.7 cm³/mol. The number of hydrogen-bond acceptors (Lipinski definition) is 2. The van der Waals surface area contributed by atoms with Gasteiger partial charge in [-0.25, -0.2) is 4.39 Å². The van der Waals surface area contributed by atoms with Crippen LogP contribution in [0.3, 0.4) is 0 Å². The number of aryl methyl sites for hydroxylation is 1. The van der Waals surface area contributed by atoms with Crippen LogP contribution in [0.2, 0.25) is 0 Å². The number of aromatic nitrogens is 1. The molecule has 2 aromatic rings. The zero-order chi connectivity index (χ0) is 11.4. The summed E-state index contributed by atoms with van der Waals surface area (Å²) in [5.41, 5.74) is 1.81. The summed E-state index contributed by atoms with van der Waals surface area (Å²) in [7, 11) is 0. The molecule has 0 saturated heterocycles. The van der Waals surface area contributed by atoms with Crippen molar-refractivity contribution in [2.45, 2.75) is 13.5 Å². The first-order valence-electron chi connectivity index (χ1n) is 5.03. The average Bonchev–Trinajstić information content (AvgIpc) is 2.27. The molecule has 2 nitrogen and oxygen atoms in total. The molecule has 1 heterocycles. The Hall–Kier alpha value is -1.90. The predicted octanol–water partition coefficient (Wildman–Crippen LogP) is 3.11. The smallest absolute Gasteiger partial charge is 0.127 e. The number of benzene rings is 1. The lowest BCUT2D eigenvalue weighted by Gasteiger charge is -2.06. The van der Waals surface area contributed by atoms with E-state index in [4.69, 9.17) is 4.74 Å². The van der Waals surface area contributed by atoms with E-state index >= 15 is 0 Å². The minimum absolute atomic E-state index is 0.277. The van der Waals surface area contributed by atoms with Gasteiger partial charge < -0.3 is 4.74 Å². The molecule has 82 valence electrons. The monoisotopic (exact) mass is 217 g/mol. The molecule has 0 amide bonds. The van der Waals surface area contributed by atoms with Crippen LogP contribution in [0.25, 0.3) is 0 Å². The summed E-state index contributed by atoms with van der Waals surface area (Å²) < 4.78 is 18.5. The molecule has 0 atom stereocenters. The molecule has 2 rings (SSSR count). The highest BCUT2D eigenvalue weighted by atomic mass is 19.1. The SMILES string of the molecule is Cc1cc(F)cc(OCc2cccnc2)c1. The summed E-state index contributed by atoms with van der Waals surface area (Å²) in [6, 6.07) is 8.41. The molecule has 0 aliphatic rings. The van der Waals surface area contributed by atoms with Crippen molar-refractivity contribution in [3.8, 4) is 5.75 Å². The van der Waals surface area contributed by atoms with Crippen LogP contribution in [0.15, 0.2) is 42.7 Å². The molecule has 1 aromatic carbocycles. The molecule has 1 aromatic heterocycles. The van der Waals surface area contributed by atoms with Crippen LogP contribution in [-0.4, -0.2) is 4.98 Å². The van der Waals surface area contributed by atoms with Crippen molar-refractivity contribution in [1.29, 1.82) is 0 Å². The Morgan fingerprint density at radius 2 is 2.19 bits per heavy atom. The van der Waals surface area contributed by atoms with Crippen LogP contribution in [0, 0.1) is 12.7 Å². The fourth-order valence-corrected chi connectivity index (χ4v) is 1.44. The van der Waals surface area contributed by atoms with Crippen LogP contribution in [0.4, 0.5) is 4.39 Å². The van der Waals surface area contributed by atoms with Crippen molar-refractivity contribution >= 4 is 0 Å². The van der Waals surface area contributed by atoms with Gasteiger partial charge in [0.2, 0.25) is 0 Å². The molecule has 0 bridgehead atoms. The van der Waals surface area contributed by atoms with Crippen molar-refractivity contribution in [3.05, 3.63) is 59.7 Å². The van der Waals surface area contributed by atoms with Crippen molar-refractivity contribution in [1.82, 2.24) is 4.98 Å². The topological polar surface area (TPSA) is 22.1 Å². The average molecular weight is 217 g/mol. The molecule has 3 heteroatoms. The van der Waals surface area contributed by atoms with E-state index in [1.807, 2.05) is 19.1 Å². The standard InChI is InChI=1S/C13H12FNO/c1-10-5-12(14)7-13(6-10)16-9-11-3-2-4-15-8-11/h2-8H,9H2,1H3. The first-order chi connectivity index (χ1) is 7.74. The maximum Gasteiger partial charge on any atom is 0.127 e. The number of nitrogens with zero attached hydrogens (tertiary/aromatic N) is 1. The summed E-state index contributed by atoms with van der Waals surface area (Å²) in [5, 5.41) is 0. The second-order valence-electron chi connectivity index (χ2n) is 3.61. The maximum absolute atomic E-state index is 13.1. The third kappa shape index (κ3) is 2.79. The van der Waals surface area contributed by atoms with E-state index < -0.39 is 0 Å². The molecule has 0 saturated carbocycles. The van der Waals surface area contributed by atoms with Gasteiger partial charge >= 0.3 is 0 Å². The number of halogens is 1. The van der Waals surface area contributed by atoms with Crippen molar-refractivity contribution in [3.63, 3.8) is 0 Å². The molecule has 0 N–H and O–H groups in total. The van der Waals surface area contributed by atoms with Gasteiger partial charge in [0.05, 0.1) is 0 Å². The van der Waals surface area contributed by atoms with Crippen LogP contribution >= 0.6 is 0 Å². The first kappa shape index (κ1) is 10.6. The second-order valence-corrected chi connectivity index (χ2v) is 3.61. The van der Waals surface area contributed by atoms with Crippen LogP contribution in [-0.2, 0) is 6.61 Å². The van der Waals surface area contributed by atoms with Gasteiger partial charge in [-0.05, 0) is 30.7 Å². The normalized spacial score (nSPS) is 10.1. The van der Waals surface area contributed by atoms with Crippen molar-refractivity contribution in [2.75, 3.05) is 0 Å². The highest BCUT2D eigenvalue weighted by Gasteiger charge is 1.99. The summed E-state index contributed by atoms with van der Waals surface area (Å²) in [6.07, 6.45) is 3.43. The summed E-state index contributed by atoms with van der Waals surface area (Å²) in [5.74, 6) is 0.266. The van der Waals surface area contributed by atoms with Gasteiger partial charge in [-0.2, -0.15) is 0 Å². The third-order valence-electron chi connectivity index (χ3n) is 2.14. The van der Waals surface area contributed by atoms with Crippen LogP contribution in [0.1, 0.15) is 11.1 Å². The van der Waals surface area contributed by atoms with Gasteiger partial charge in [0.25, 0.3) is 0 Å². The Labute approximate surface area is 93.7 Å². The number of pyridine rings is 1. The van der Waals surface area contributed by atoms with Gasteiger partial charge in [-0.15, -0.1) is 0 Å². The van der Waals surface area contributed by atoms with Gasteiger partial charge in [0.1, 0.15) is 18.2 Å². The molecule has 16 heavy (non-hydrogen) atoms. The molecule has 0 fully saturated rings. The Balaban J connectivity index is 2.05. The molecular weight excluding hydrogens is 205 g/mol. The van der Waals surface area contributed by atoms with E-state index in [0.29, 0.717) is 12.4 Å². The molecule has 0 spiro atoms. The van der Waals surface area contributed by atoms with Crippen LogP contribution < -0.4 is 4.74 Å². The summed E-state index contributed by atoms with van der Waals surface area (Å²) >= 11 is 0. The molecule has 0 aliphatic heterocycles. The van der Waals surface area contributed by atoms with E-state index in [1.54, 1.807) is 18.5 Å². The van der Waals surface area contributed by atoms with Gasteiger partial charge in [0, 0.05) is 24.0 Å². The summed E-state index contributed by atoms with van der Waals surface area (Å²) in [6.45, 7) is 2.23. The van der Waals surface area contributed by atoms with Crippen molar-refractivity contribution in [2.24, 2.45) is 0 Å². The van der Waals surface area contributed by atoms with Gasteiger partial charge in [-0.1, -0.05) is 6.07 Å². The number of hydrogen-bond donors (Lipinski definition) is 0. The highest BCUT2D eigenvalue weighted by molar-refractivity contribution is 5.28. The second kappa shape index (κ2) is 4.75. The minimum Gasteiger partial charge on any atom is -0.489 e. The molecule has 0 aliphatic carbocycles. The lowest BCUT2D eigenvalue weighted by Crippen LogP contribution is -1.96. The maximum atomic E-state index is 13.1. The lowest BCUT2D eigenvalue weighted by molar-refractivity contribution is 0.304. The number of rotatable bonds is 3. The fraction of sp³-hybridized carbons (Fsp3) is 0.154. The summed E-state index contributed by atoms with van der Waals surface area (Å²) in [4.78, 5) is 3.98. The quantitative estimate of drug-likeness (QED) is 0.788. The lowest BCUT2D eigenvalue weighted by atomic mass is 10.2. The third-order valence-corrected chi connectivity index (χ3v) is 2.14. The van der Waals surface area contributed by atoms with Gasteiger partial charge in [0.15, 0.2) is 0 Å². The van der Waals surface area contributed by atoms with E-state index in [9.17, 15) is 4.39 Å². The Morgan fingerprint density at radius 1 is 1.31 bits per heavy atom. The molecular formula is C13H12FNO. The zero-order valence-electron chi connectivity index (χ0n) is 8.98. The molecule has 0 unspecified atom stereocenters. The molecule has 0 radical (unpaired) electrons. The number of ether oxygens (including phenoxy) is 1. The first-order valence-corrected chi connectivity index (χ1v) is 5.03. The fourth-order valence-electron chi connectivity index (χ4n) is 1.44. The minimum atomic E-state index is -0.277. The van der Waals surface area contributed by atoms with E-state index in [2.05, 4.69) is 4.98 Å². The Kier molecular flexibility index (Phi) is 3.15. The van der Waals surface area contributed by atoms with E-state index in [0.717, 1.165) is 11.1 Å². The van der Waals surface area contributed by atoms with E-state index in [-0.39, 0.29) is 5.82 Å². The zero-order valence-corrected chi connectivity index (χ0v) is 8.98. The van der Waals surface area contributed by atoms with Crippen LogP contribution in [0.5, 0.6) is 5.75 Å². The largest absolute Gasteiger partial charge is 0.489 e. The van der Waals surface area contributed by atoms with Crippen molar-refractivity contribution < 1.29 is 9.13 Å². The van der Waals surface area contributed by atoms with E-state index in [1.165, 1.54) is 12.1 Å². The highest BCUT2D eigenvalue weighted by Crippen LogP contribution is 2.16. The Bertz CT molecular complexity index is 450. The van der Waals surface area contributed by atoms with Gasteiger partial charge in [-0.3, -0.25) is 4.98 Å². The Morgan fingerprint density at radius 3 is 2.88 bits per heavy atom.